The lowest BCUT2D eigenvalue weighted by Crippen LogP contribution is -1.87. The van der Waals surface area contributed by atoms with Crippen LogP contribution in [0.15, 0.2) is 91.0 Å². The lowest BCUT2D eigenvalue weighted by molar-refractivity contribution is 0.867. The molecular formula is C25H22. The Morgan fingerprint density at radius 2 is 1.28 bits per heavy atom. The first-order valence-electron chi connectivity index (χ1n) is 8.91. The predicted octanol–water partition coefficient (Wildman–Crippen LogP) is 7.30. The standard InChI is InChI=1S/C25H22/c1-18(2)19-11-13-21(14-12-19)24-10-6-9-23-17-22(15-16-25(23)24)20-7-4-3-5-8-20/h3-18H,1-2H3. The topological polar surface area (TPSA) is 0 Å². The molecule has 25 heavy (non-hydrogen) atoms. The highest BCUT2D eigenvalue weighted by molar-refractivity contribution is 5.98. The summed E-state index contributed by atoms with van der Waals surface area (Å²) in [6, 6.07) is 32.9. The van der Waals surface area contributed by atoms with E-state index in [9.17, 15) is 0 Å². The molecule has 0 aliphatic carbocycles. The van der Waals surface area contributed by atoms with E-state index >= 15 is 0 Å². The lowest BCUT2D eigenvalue weighted by Gasteiger charge is -2.11. The summed E-state index contributed by atoms with van der Waals surface area (Å²) < 4.78 is 0. The molecule has 4 rings (SSSR count). The van der Waals surface area contributed by atoms with Gasteiger partial charge in [0.25, 0.3) is 0 Å². The highest BCUT2D eigenvalue weighted by Gasteiger charge is 2.06. The van der Waals surface area contributed by atoms with Crippen molar-refractivity contribution >= 4 is 10.8 Å². The van der Waals surface area contributed by atoms with Crippen LogP contribution in [0.3, 0.4) is 0 Å². The van der Waals surface area contributed by atoms with E-state index < -0.39 is 0 Å². The Balaban J connectivity index is 1.80. The fraction of sp³-hybridized carbons (Fsp3) is 0.120. The van der Waals surface area contributed by atoms with E-state index in [1.54, 1.807) is 0 Å². The molecule has 0 heteroatoms. The maximum atomic E-state index is 2.29. The highest BCUT2D eigenvalue weighted by atomic mass is 14.1. The first-order valence-corrected chi connectivity index (χ1v) is 8.91. The van der Waals surface area contributed by atoms with Gasteiger partial charge in [0.1, 0.15) is 0 Å². The second-order valence-electron chi connectivity index (χ2n) is 6.88. The third kappa shape index (κ3) is 3.08. The molecule has 4 aromatic rings. The third-order valence-corrected chi connectivity index (χ3v) is 4.88. The summed E-state index contributed by atoms with van der Waals surface area (Å²) in [7, 11) is 0. The molecule has 0 aliphatic heterocycles. The molecule has 0 fully saturated rings. The fourth-order valence-corrected chi connectivity index (χ4v) is 3.39. The largest absolute Gasteiger partial charge is 0.0622 e. The zero-order valence-corrected chi connectivity index (χ0v) is 14.7. The summed E-state index contributed by atoms with van der Waals surface area (Å²) in [5, 5.41) is 2.59. The van der Waals surface area contributed by atoms with Gasteiger partial charge in [-0.2, -0.15) is 0 Å². The van der Waals surface area contributed by atoms with E-state index in [1.165, 1.54) is 38.6 Å². The van der Waals surface area contributed by atoms with Gasteiger partial charge in [-0.05, 0) is 50.6 Å². The predicted molar refractivity (Wildman–Crippen MR) is 109 cm³/mol. The van der Waals surface area contributed by atoms with Gasteiger partial charge in [-0.1, -0.05) is 98.8 Å². The van der Waals surface area contributed by atoms with Crippen LogP contribution in [0, 0.1) is 0 Å². The van der Waals surface area contributed by atoms with Gasteiger partial charge in [0.05, 0.1) is 0 Å². The molecule has 0 N–H and O–H groups in total. The van der Waals surface area contributed by atoms with E-state index in [0.717, 1.165) is 0 Å². The van der Waals surface area contributed by atoms with Gasteiger partial charge in [0.15, 0.2) is 0 Å². The minimum atomic E-state index is 0.565. The van der Waals surface area contributed by atoms with E-state index in [4.69, 9.17) is 0 Å². The Morgan fingerprint density at radius 1 is 0.560 bits per heavy atom. The summed E-state index contributed by atoms with van der Waals surface area (Å²) in [5.74, 6) is 0.565. The minimum absolute atomic E-state index is 0.565. The Morgan fingerprint density at radius 3 is 2.00 bits per heavy atom. The molecule has 0 aromatic heterocycles. The average molecular weight is 322 g/mol. The van der Waals surface area contributed by atoms with Crippen molar-refractivity contribution in [1.82, 2.24) is 0 Å². The zero-order chi connectivity index (χ0) is 17.2. The molecule has 0 spiro atoms. The normalized spacial score (nSPS) is 11.2. The monoisotopic (exact) mass is 322 g/mol. The average Bonchev–Trinajstić information content (AvgIpc) is 2.68. The third-order valence-electron chi connectivity index (χ3n) is 4.88. The van der Waals surface area contributed by atoms with Gasteiger partial charge in [-0.3, -0.25) is 0 Å². The van der Waals surface area contributed by atoms with Crippen molar-refractivity contribution in [1.29, 1.82) is 0 Å². The SMILES string of the molecule is CC(C)c1ccc(-c2cccc3cc(-c4ccccc4)ccc23)cc1. The fourth-order valence-electron chi connectivity index (χ4n) is 3.39. The molecule has 0 aliphatic rings. The first-order chi connectivity index (χ1) is 12.2. The summed E-state index contributed by atoms with van der Waals surface area (Å²) in [6.07, 6.45) is 0. The van der Waals surface area contributed by atoms with Crippen molar-refractivity contribution in [2.75, 3.05) is 0 Å². The van der Waals surface area contributed by atoms with Gasteiger partial charge in [0, 0.05) is 0 Å². The van der Waals surface area contributed by atoms with Crippen LogP contribution in [0.2, 0.25) is 0 Å². The smallest absolute Gasteiger partial charge is 0.0105 e. The molecule has 0 radical (unpaired) electrons. The van der Waals surface area contributed by atoms with Crippen LogP contribution in [-0.2, 0) is 0 Å². The van der Waals surface area contributed by atoms with Crippen molar-refractivity contribution in [2.24, 2.45) is 0 Å². The van der Waals surface area contributed by atoms with Crippen LogP contribution in [0.25, 0.3) is 33.0 Å². The minimum Gasteiger partial charge on any atom is -0.0622 e. The van der Waals surface area contributed by atoms with Crippen LogP contribution in [0.4, 0.5) is 0 Å². The van der Waals surface area contributed by atoms with Crippen LogP contribution in [-0.4, -0.2) is 0 Å². The summed E-state index contributed by atoms with van der Waals surface area (Å²) in [4.78, 5) is 0. The molecule has 0 saturated carbocycles. The first kappa shape index (κ1) is 15.7. The number of rotatable bonds is 3. The second kappa shape index (κ2) is 6.57. The maximum absolute atomic E-state index is 2.29. The van der Waals surface area contributed by atoms with E-state index in [0.29, 0.717) is 5.92 Å². The van der Waals surface area contributed by atoms with Gasteiger partial charge in [-0.25, -0.2) is 0 Å². The molecule has 0 bridgehead atoms. The van der Waals surface area contributed by atoms with Crippen molar-refractivity contribution in [3.8, 4) is 22.3 Å². The van der Waals surface area contributed by atoms with Crippen molar-refractivity contribution in [3.63, 3.8) is 0 Å². The van der Waals surface area contributed by atoms with Crippen LogP contribution < -0.4 is 0 Å². The Labute approximate surface area is 149 Å². The van der Waals surface area contributed by atoms with E-state index in [1.807, 2.05) is 0 Å². The van der Waals surface area contributed by atoms with Crippen molar-refractivity contribution < 1.29 is 0 Å². The van der Waals surface area contributed by atoms with Crippen molar-refractivity contribution in [3.05, 3.63) is 96.6 Å². The van der Waals surface area contributed by atoms with Crippen LogP contribution in [0.5, 0.6) is 0 Å². The van der Waals surface area contributed by atoms with E-state index in [2.05, 4.69) is 105 Å². The van der Waals surface area contributed by atoms with Crippen LogP contribution >= 0.6 is 0 Å². The molecule has 122 valence electrons. The Bertz CT molecular complexity index is 993. The summed E-state index contributed by atoms with van der Waals surface area (Å²) in [6.45, 7) is 4.47. The summed E-state index contributed by atoms with van der Waals surface area (Å²) >= 11 is 0. The van der Waals surface area contributed by atoms with Crippen molar-refractivity contribution in [2.45, 2.75) is 19.8 Å². The zero-order valence-electron chi connectivity index (χ0n) is 14.7. The maximum Gasteiger partial charge on any atom is -0.0105 e. The summed E-state index contributed by atoms with van der Waals surface area (Å²) in [5.41, 5.74) is 6.49. The van der Waals surface area contributed by atoms with Gasteiger partial charge in [0.2, 0.25) is 0 Å². The Kier molecular flexibility index (Phi) is 4.11. The molecule has 0 amide bonds. The van der Waals surface area contributed by atoms with Gasteiger partial charge >= 0.3 is 0 Å². The molecule has 0 atom stereocenters. The second-order valence-corrected chi connectivity index (χ2v) is 6.88. The molecule has 0 nitrogen and oxygen atoms in total. The molecule has 0 heterocycles. The highest BCUT2D eigenvalue weighted by Crippen LogP contribution is 2.32. The molecule has 4 aromatic carbocycles. The number of fused-ring (bicyclic) bond motifs is 1. The number of hydrogen-bond donors (Lipinski definition) is 0. The molecular weight excluding hydrogens is 300 g/mol. The van der Waals surface area contributed by atoms with Gasteiger partial charge < -0.3 is 0 Å². The number of benzene rings is 4. The van der Waals surface area contributed by atoms with Gasteiger partial charge in [-0.15, -0.1) is 0 Å². The lowest BCUT2D eigenvalue weighted by atomic mass is 9.94. The molecule has 0 saturated heterocycles. The van der Waals surface area contributed by atoms with Crippen LogP contribution in [0.1, 0.15) is 25.3 Å². The Hall–Kier alpha value is -2.86. The number of hydrogen-bond acceptors (Lipinski definition) is 0. The van der Waals surface area contributed by atoms with E-state index in [-0.39, 0.29) is 0 Å². The molecule has 0 unspecified atom stereocenters. The quantitative estimate of drug-likeness (QED) is 0.371.